The topological polar surface area (TPSA) is 46.9 Å². The van der Waals surface area contributed by atoms with Crippen LogP contribution in [-0.2, 0) is 6.54 Å². The Morgan fingerprint density at radius 2 is 2.18 bits per heavy atom. The molecule has 3 rings (SSSR count). The maximum absolute atomic E-state index is 12.2. The SMILES string of the molecule is Cc1ccc(C(=O)Nc2ccnn2Cc2cccc(Br)c2)s1. The Labute approximate surface area is 140 Å². The van der Waals surface area contributed by atoms with Crippen molar-refractivity contribution in [2.75, 3.05) is 5.32 Å². The van der Waals surface area contributed by atoms with Gasteiger partial charge < -0.3 is 5.32 Å². The molecule has 6 heteroatoms. The van der Waals surface area contributed by atoms with Gasteiger partial charge in [0.15, 0.2) is 0 Å². The van der Waals surface area contributed by atoms with Gasteiger partial charge in [0.05, 0.1) is 17.6 Å². The largest absolute Gasteiger partial charge is 0.306 e. The zero-order chi connectivity index (χ0) is 15.5. The van der Waals surface area contributed by atoms with Crippen molar-refractivity contribution in [3.05, 3.63) is 68.5 Å². The van der Waals surface area contributed by atoms with Crippen LogP contribution in [0.1, 0.15) is 20.1 Å². The van der Waals surface area contributed by atoms with Gasteiger partial charge in [-0.1, -0.05) is 28.1 Å². The molecule has 0 atom stereocenters. The first-order valence-corrected chi connectivity index (χ1v) is 8.37. The molecule has 3 aromatic rings. The molecule has 0 radical (unpaired) electrons. The molecule has 1 amide bonds. The van der Waals surface area contributed by atoms with Gasteiger partial charge in [-0.15, -0.1) is 11.3 Å². The minimum atomic E-state index is -0.103. The monoisotopic (exact) mass is 375 g/mol. The Morgan fingerprint density at radius 3 is 2.91 bits per heavy atom. The Kier molecular flexibility index (Phi) is 4.40. The van der Waals surface area contributed by atoms with Crippen LogP contribution in [0, 0.1) is 6.92 Å². The standard InChI is InChI=1S/C16H14BrN3OS/c1-11-5-6-14(22-11)16(21)19-15-7-8-18-20(15)10-12-3-2-4-13(17)9-12/h2-9H,10H2,1H3,(H,19,21). The fourth-order valence-corrected chi connectivity index (χ4v) is 3.32. The third-order valence-electron chi connectivity index (χ3n) is 3.14. The predicted molar refractivity (Wildman–Crippen MR) is 92.5 cm³/mol. The van der Waals surface area contributed by atoms with Crippen molar-refractivity contribution < 1.29 is 4.79 Å². The highest BCUT2D eigenvalue weighted by molar-refractivity contribution is 9.10. The summed E-state index contributed by atoms with van der Waals surface area (Å²) in [5.74, 6) is 0.588. The van der Waals surface area contributed by atoms with Crippen molar-refractivity contribution >= 4 is 39.0 Å². The van der Waals surface area contributed by atoms with Crippen molar-refractivity contribution in [1.29, 1.82) is 0 Å². The summed E-state index contributed by atoms with van der Waals surface area (Å²) in [5, 5.41) is 7.20. The third-order valence-corrected chi connectivity index (χ3v) is 4.64. The van der Waals surface area contributed by atoms with Crippen LogP contribution in [0.15, 0.2) is 53.1 Å². The van der Waals surface area contributed by atoms with E-state index in [2.05, 4.69) is 26.3 Å². The van der Waals surface area contributed by atoms with E-state index in [1.165, 1.54) is 11.3 Å². The van der Waals surface area contributed by atoms with E-state index in [0.29, 0.717) is 17.2 Å². The third kappa shape index (κ3) is 3.45. The number of rotatable bonds is 4. The Balaban J connectivity index is 1.76. The van der Waals surface area contributed by atoms with Gasteiger partial charge in [0.25, 0.3) is 5.91 Å². The Morgan fingerprint density at radius 1 is 1.32 bits per heavy atom. The number of amides is 1. The first kappa shape index (κ1) is 15.0. The van der Waals surface area contributed by atoms with E-state index in [-0.39, 0.29) is 5.91 Å². The van der Waals surface area contributed by atoms with Gasteiger partial charge in [0.1, 0.15) is 5.82 Å². The molecule has 0 spiro atoms. The fraction of sp³-hybridized carbons (Fsp3) is 0.125. The summed E-state index contributed by atoms with van der Waals surface area (Å²) in [5.41, 5.74) is 1.11. The number of hydrogen-bond donors (Lipinski definition) is 1. The molecule has 0 aliphatic rings. The zero-order valence-electron chi connectivity index (χ0n) is 11.9. The molecule has 2 heterocycles. The van der Waals surface area contributed by atoms with Crippen molar-refractivity contribution in [3.63, 3.8) is 0 Å². The lowest BCUT2D eigenvalue weighted by Gasteiger charge is -2.09. The van der Waals surface area contributed by atoms with Gasteiger partial charge >= 0.3 is 0 Å². The summed E-state index contributed by atoms with van der Waals surface area (Å²) in [6, 6.07) is 13.6. The van der Waals surface area contributed by atoms with Crippen molar-refractivity contribution in [2.45, 2.75) is 13.5 Å². The van der Waals surface area contributed by atoms with Crippen LogP contribution in [0.25, 0.3) is 0 Å². The molecule has 22 heavy (non-hydrogen) atoms. The molecule has 1 aromatic carbocycles. The van der Waals surface area contributed by atoms with Gasteiger partial charge in [-0.3, -0.25) is 4.79 Å². The van der Waals surface area contributed by atoms with Crippen LogP contribution in [0.3, 0.4) is 0 Å². The molecule has 0 saturated carbocycles. The molecular formula is C16H14BrN3OS. The summed E-state index contributed by atoms with van der Waals surface area (Å²) in [4.78, 5) is 14.1. The molecule has 0 aliphatic heterocycles. The van der Waals surface area contributed by atoms with E-state index in [1.807, 2.05) is 43.3 Å². The summed E-state index contributed by atoms with van der Waals surface area (Å²) >= 11 is 4.94. The molecule has 4 nitrogen and oxygen atoms in total. The maximum atomic E-state index is 12.2. The smallest absolute Gasteiger partial charge is 0.266 e. The van der Waals surface area contributed by atoms with Crippen molar-refractivity contribution in [3.8, 4) is 0 Å². The number of thiophene rings is 1. The highest BCUT2D eigenvalue weighted by Gasteiger charge is 2.11. The molecule has 1 N–H and O–H groups in total. The lowest BCUT2D eigenvalue weighted by Crippen LogP contribution is -2.15. The van der Waals surface area contributed by atoms with Crippen LogP contribution in [-0.4, -0.2) is 15.7 Å². The van der Waals surface area contributed by atoms with E-state index in [0.717, 1.165) is 14.9 Å². The van der Waals surface area contributed by atoms with E-state index in [4.69, 9.17) is 0 Å². The maximum Gasteiger partial charge on any atom is 0.266 e. The van der Waals surface area contributed by atoms with Crippen LogP contribution in [0.4, 0.5) is 5.82 Å². The summed E-state index contributed by atoms with van der Waals surface area (Å²) in [6.07, 6.45) is 1.69. The fourth-order valence-electron chi connectivity index (χ4n) is 2.11. The number of hydrogen-bond acceptors (Lipinski definition) is 3. The van der Waals surface area contributed by atoms with Gasteiger partial charge in [-0.05, 0) is 36.8 Å². The van der Waals surface area contributed by atoms with Crippen LogP contribution in [0.2, 0.25) is 0 Å². The number of carbonyl (C=O) groups excluding carboxylic acids is 1. The second kappa shape index (κ2) is 6.46. The quantitative estimate of drug-likeness (QED) is 0.737. The summed E-state index contributed by atoms with van der Waals surface area (Å²) in [6.45, 7) is 2.59. The lowest BCUT2D eigenvalue weighted by molar-refractivity contribution is 0.102. The number of anilines is 1. The summed E-state index contributed by atoms with van der Waals surface area (Å²) < 4.78 is 2.80. The minimum Gasteiger partial charge on any atom is -0.306 e. The number of nitrogens with zero attached hydrogens (tertiary/aromatic N) is 2. The highest BCUT2D eigenvalue weighted by atomic mass is 79.9. The number of benzene rings is 1. The number of halogens is 1. The van der Waals surface area contributed by atoms with Crippen LogP contribution >= 0.6 is 27.3 Å². The van der Waals surface area contributed by atoms with Crippen molar-refractivity contribution in [2.24, 2.45) is 0 Å². The van der Waals surface area contributed by atoms with Gasteiger partial charge in [-0.25, -0.2) is 4.68 Å². The van der Waals surface area contributed by atoms with Crippen LogP contribution in [0.5, 0.6) is 0 Å². The van der Waals surface area contributed by atoms with E-state index < -0.39 is 0 Å². The van der Waals surface area contributed by atoms with Crippen LogP contribution < -0.4 is 5.32 Å². The van der Waals surface area contributed by atoms with Crippen molar-refractivity contribution in [1.82, 2.24) is 9.78 Å². The van der Waals surface area contributed by atoms with E-state index in [1.54, 1.807) is 16.9 Å². The Bertz CT molecular complexity index is 809. The first-order chi connectivity index (χ1) is 10.6. The number of aryl methyl sites for hydroxylation is 1. The van der Waals surface area contributed by atoms with E-state index >= 15 is 0 Å². The molecule has 0 fully saturated rings. The molecule has 0 saturated heterocycles. The highest BCUT2D eigenvalue weighted by Crippen LogP contribution is 2.18. The molecular weight excluding hydrogens is 362 g/mol. The minimum absolute atomic E-state index is 0.103. The molecule has 2 aromatic heterocycles. The van der Waals surface area contributed by atoms with Gasteiger partial charge in [0, 0.05) is 15.4 Å². The number of nitrogens with one attached hydrogen (secondary N) is 1. The van der Waals surface area contributed by atoms with E-state index in [9.17, 15) is 4.79 Å². The predicted octanol–water partition coefficient (Wildman–Crippen LogP) is 4.32. The molecule has 0 bridgehead atoms. The number of aromatic nitrogens is 2. The number of carbonyl (C=O) groups is 1. The molecule has 0 unspecified atom stereocenters. The van der Waals surface area contributed by atoms with Gasteiger partial charge in [0.2, 0.25) is 0 Å². The zero-order valence-corrected chi connectivity index (χ0v) is 14.3. The summed E-state index contributed by atoms with van der Waals surface area (Å²) in [7, 11) is 0. The second-order valence-electron chi connectivity index (χ2n) is 4.87. The second-order valence-corrected chi connectivity index (χ2v) is 7.07. The average Bonchev–Trinajstić information content (AvgIpc) is 3.09. The first-order valence-electron chi connectivity index (χ1n) is 6.76. The Hall–Kier alpha value is -1.92. The average molecular weight is 376 g/mol. The molecule has 0 aliphatic carbocycles. The lowest BCUT2D eigenvalue weighted by atomic mass is 10.2. The van der Waals surface area contributed by atoms with Gasteiger partial charge in [-0.2, -0.15) is 5.10 Å². The normalized spacial score (nSPS) is 10.6. The molecule has 112 valence electrons.